The van der Waals surface area contributed by atoms with E-state index >= 15 is 0 Å². The van der Waals surface area contributed by atoms with Gasteiger partial charge in [-0.05, 0) is 42.8 Å². The molecule has 3 aromatic rings. The predicted molar refractivity (Wildman–Crippen MR) is 80.3 cm³/mol. The van der Waals surface area contributed by atoms with Crippen molar-refractivity contribution in [1.29, 1.82) is 0 Å². The van der Waals surface area contributed by atoms with Gasteiger partial charge < -0.3 is 0 Å². The lowest BCUT2D eigenvalue weighted by molar-refractivity contribution is 0.626. The number of alkyl halides is 1. The summed E-state index contributed by atoms with van der Waals surface area (Å²) in [4.78, 5) is 4.48. The van der Waals surface area contributed by atoms with E-state index in [0.717, 1.165) is 22.3 Å². The van der Waals surface area contributed by atoms with Crippen molar-refractivity contribution in [1.82, 2.24) is 9.55 Å². The fourth-order valence-electron chi connectivity index (χ4n) is 2.35. The van der Waals surface area contributed by atoms with Crippen LogP contribution < -0.4 is 0 Å². The van der Waals surface area contributed by atoms with Crippen molar-refractivity contribution in [2.45, 2.75) is 12.8 Å². The average molecular weight is 309 g/mol. The molecule has 5 heteroatoms. The highest BCUT2D eigenvalue weighted by molar-refractivity contribution is 6.35. The van der Waals surface area contributed by atoms with Gasteiger partial charge in [0, 0.05) is 0 Å². The van der Waals surface area contributed by atoms with E-state index in [1.54, 1.807) is 12.1 Å². The maximum Gasteiger partial charge on any atom is 0.129 e. The van der Waals surface area contributed by atoms with Gasteiger partial charge in [0.25, 0.3) is 0 Å². The van der Waals surface area contributed by atoms with Crippen molar-refractivity contribution in [3.63, 3.8) is 0 Å². The van der Waals surface area contributed by atoms with E-state index in [9.17, 15) is 4.39 Å². The molecule has 20 heavy (non-hydrogen) atoms. The molecule has 0 atom stereocenters. The third-order valence-electron chi connectivity index (χ3n) is 3.22. The number of fused-ring (bicyclic) bond motifs is 1. The van der Waals surface area contributed by atoms with Gasteiger partial charge in [0.1, 0.15) is 11.6 Å². The average Bonchev–Trinajstić information content (AvgIpc) is 2.79. The molecule has 0 spiro atoms. The monoisotopic (exact) mass is 308 g/mol. The second-order valence-corrected chi connectivity index (χ2v) is 5.21. The molecule has 102 valence electrons. The van der Waals surface area contributed by atoms with Crippen LogP contribution in [0.2, 0.25) is 5.02 Å². The molecular formula is C15H11Cl2FN2. The number of aryl methyl sites for hydroxylation is 1. The molecule has 2 aromatic carbocycles. The summed E-state index contributed by atoms with van der Waals surface area (Å²) in [6, 6.07) is 10.1. The Morgan fingerprint density at radius 2 is 2.05 bits per heavy atom. The van der Waals surface area contributed by atoms with Crippen LogP contribution in [0.25, 0.3) is 16.7 Å². The van der Waals surface area contributed by atoms with Gasteiger partial charge in [0.2, 0.25) is 0 Å². The van der Waals surface area contributed by atoms with Gasteiger partial charge in [-0.1, -0.05) is 17.7 Å². The highest BCUT2D eigenvalue weighted by Crippen LogP contribution is 2.30. The molecule has 3 rings (SSSR count). The number of halogens is 3. The van der Waals surface area contributed by atoms with Crippen molar-refractivity contribution in [3.05, 3.63) is 58.6 Å². The van der Waals surface area contributed by atoms with E-state index in [0.29, 0.717) is 10.8 Å². The number of rotatable bonds is 2. The number of benzene rings is 2. The fourth-order valence-corrected chi connectivity index (χ4v) is 2.79. The highest BCUT2D eigenvalue weighted by atomic mass is 35.5. The molecular weight excluding hydrogens is 298 g/mol. The lowest BCUT2D eigenvalue weighted by Crippen LogP contribution is -2.02. The number of hydrogen-bond acceptors (Lipinski definition) is 1. The molecule has 0 bridgehead atoms. The SMILES string of the molecule is Cc1cc(F)ccc1-n1c(CCl)nc2cccc(Cl)c21. The first-order valence-electron chi connectivity index (χ1n) is 6.10. The summed E-state index contributed by atoms with van der Waals surface area (Å²) >= 11 is 12.3. The molecule has 0 saturated heterocycles. The third kappa shape index (κ3) is 2.07. The van der Waals surface area contributed by atoms with Gasteiger partial charge >= 0.3 is 0 Å². The molecule has 2 nitrogen and oxygen atoms in total. The zero-order valence-electron chi connectivity index (χ0n) is 10.7. The first kappa shape index (κ1) is 13.4. The van der Waals surface area contributed by atoms with Crippen LogP contribution >= 0.6 is 23.2 Å². The quantitative estimate of drug-likeness (QED) is 0.618. The van der Waals surface area contributed by atoms with Crippen LogP contribution in [0, 0.1) is 12.7 Å². The zero-order chi connectivity index (χ0) is 14.3. The highest BCUT2D eigenvalue weighted by Gasteiger charge is 2.15. The minimum absolute atomic E-state index is 0.252. The summed E-state index contributed by atoms with van der Waals surface area (Å²) in [7, 11) is 0. The molecule has 0 fully saturated rings. The largest absolute Gasteiger partial charge is 0.294 e. The second kappa shape index (κ2) is 5.08. The number of hydrogen-bond donors (Lipinski definition) is 0. The number of nitrogens with zero attached hydrogens (tertiary/aromatic N) is 2. The summed E-state index contributed by atoms with van der Waals surface area (Å²) in [5, 5.41) is 0.593. The Labute approximate surface area is 125 Å². The van der Waals surface area contributed by atoms with Crippen molar-refractivity contribution in [2.24, 2.45) is 0 Å². The Morgan fingerprint density at radius 1 is 1.25 bits per heavy atom. The molecule has 0 unspecified atom stereocenters. The lowest BCUT2D eigenvalue weighted by atomic mass is 10.2. The van der Waals surface area contributed by atoms with Crippen molar-refractivity contribution < 1.29 is 4.39 Å². The predicted octanol–water partition coefficient (Wildman–Crippen LogP) is 4.87. The van der Waals surface area contributed by atoms with Crippen LogP contribution in [0.4, 0.5) is 4.39 Å². The number of para-hydroxylation sites is 1. The summed E-state index contributed by atoms with van der Waals surface area (Å²) in [5.41, 5.74) is 3.20. The minimum atomic E-state index is -0.269. The van der Waals surface area contributed by atoms with Crippen LogP contribution in [-0.4, -0.2) is 9.55 Å². The van der Waals surface area contributed by atoms with E-state index in [4.69, 9.17) is 23.2 Å². The van der Waals surface area contributed by atoms with E-state index in [1.807, 2.05) is 23.6 Å². The van der Waals surface area contributed by atoms with Crippen LogP contribution in [0.15, 0.2) is 36.4 Å². The Kier molecular flexibility index (Phi) is 3.40. The van der Waals surface area contributed by atoms with E-state index in [1.165, 1.54) is 12.1 Å². The standard InChI is InChI=1S/C15H11Cl2FN2/c1-9-7-10(18)5-6-13(9)20-14(8-16)19-12-4-2-3-11(17)15(12)20/h2-7H,8H2,1H3. The van der Waals surface area contributed by atoms with E-state index in [-0.39, 0.29) is 11.7 Å². The number of aromatic nitrogens is 2. The third-order valence-corrected chi connectivity index (χ3v) is 3.76. The van der Waals surface area contributed by atoms with Crippen LogP contribution in [-0.2, 0) is 5.88 Å². The molecule has 0 saturated carbocycles. The Balaban J connectivity index is 2.39. The second-order valence-electron chi connectivity index (χ2n) is 4.54. The van der Waals surface area contributed by atoms with Crippen LogP contribution in [0.3, 0.4) is 0 Å². The molecule has 1 aromatic heterocycles. The maximum absolute atomic E-state index is 13.3. The van der Waals surface area contributed by atoms with Crippen LogP contribution in [0.1, 0.15) is 11.4 Å². The van der Waals surface area contributed by atoms with Gasteiger partial charge in [-0.15, -0.1) is 11.6 Å². The summed E-state index contributed by atoms with van der Waals surface area (Å²) in [6.45, 7) is 1.85. The van der Waals surface area contributed by atoms with E-state index < -0.39 is 0 Å². The maximum atomic E-state index is 13.3. The molecule has 1 heterocycles. The van der Waals surface area contributed by atoms with Crippen molar-refractivity contribution >= 4 is 34.2 Å². The Morgan fingerprint density at radius 3 is 2.75 bits per heavy atom. The van der Waals surface area contributed by atoms with Gasteiger partial charge in [0.05, 0.1) is 27.6 Å². The van der Waals surface area contributed by atoms with Gasteiger partial charge in [-0.25, -0.2) is 9.37 Å². The normalized spacial score (nSPS) is 11.2. The summed E-state index contributed by atoms with van der Waals surface area (Å²) in [6.07, 6.45) is 0. The molecule has 0 aliphatic rings. The van der Waals surface area contributed by atoms with Crippen LogP contribution in [0.5, 0.6) is 0 Å². The number of imidazole rings is 1. The van der Waals surface area contributed by atoms with Gasteiger partial charge in [0.15, 0.2) is 0 Å². The summed E-state index contributed by atoms with van der Waals surface area (Å²) in [5.74, 6) is 0.667. The molecule has 0 N–H and O–H groups in total. The van der Waals surface area contributed by atoms with E-state index in [2.05, 4.69) is 4.98 Å². The lowest BCUT2D eigenvalue weighted by Gasteiger charge is -2.11. The first-order chi connectivity index (χ1) is 9.61. The first-order valence-corrected chi connectivity index (χ1v) is 7.01. The molecule has 0 radical (unpaired) electrons. The topological polar surface area (TPSA) is 17.8 Å². The zero-order valence-corrected chi connectivity index (χ0v) is 12.2. The Hall–Kier alpha value is -1.58. The minimum Gasteiger partial charge on any atom is -0.294 e. The van der Waals surface area contributed by atoms with Crippen molar-refractivity contribution in [2.75, 3.05) is 0 Å². The molecule has 0 aliphatic heterocycles. The Bertz CT molecular complexity index is 796. The molecule has 0 aliphatic carbocycles. The van der Waals surface area contributed by atoms with Gasteiger partial charge in [-0.3, -0.25) is 4.57 Å². The smallest absolute Gasteiger partial charge is 0.129 e. The molecule has 0 amide bonds. The summed E-state index contributed by atoms with van der Waals surface area (Å²) < 4.78 is 15.2. The van der Waals surface area contributed by atoms with Crippen molar-refractivity contribution in [3.8, 4) is 5.69 Å². The fraction of sp³-hybridized carbons (Fsp3) is 0.133. The van der Waals surface area contributed by atoms with Gasteiger partial charge in [-0.2, -0.15) is 0 Å².